The second-order valence-electron chi connectivity index (χ2n) is 7.58. The molecule has 7 nitrogen and oxygen atoms in total. The van der Waals surface area contributed by atoms with Crippen LogP contribution in [0.25, 0.3) is 0 Å². The van der Waals surface area contributed by atoms with Crippen molar-refractivity contribution < 1.29 is 18.8 Å². The summed E-state index contributed by atoms with van der Waals surface area (Å²) in [5, 5.41) is 10.1. The molecule has 0 atom stereocenters. The number of carbonyl (C=O) groups is 2. The lowest BCUT2D eigenvalue weighted by molar-refractivity contribution is 0.101. The highest BCUT2D eigenvalue weighted by Gasteiger charge is 2.14. The smallest absolute Gasteiger partial charge is 0.255 e. The minimum Gasteiger partial charge on any atom is -0.489 e. The van der Waals surface area contributed by atoms with Crippen LogP contribution in [0.2, 0.25) is 5.02 Å². The quantitative estimate of drug-likeness (QED) is 0.340. The average Bonchev–Trinajstić information content (AvgIpc) is 3.16. The van der Waals surface area contributed by atoms with Crippen molar-refractivity contribution in [3.05, 3.63) is 106 Å². The first-order valence-electron chi connectivity index (χ1n) is 10.5. The lowest BCUT2D eigenvalue weighted by Gasteiger charge is -2.13. The first-order valence-corrected chi connectivity index (χ1v) is 10.9. The number of amides is 2. The summed E-state index contributed by atoms with van der Waals surface area (Å²) in [6.07, 6.45) is 0. The van der Waals surface area contributed by atoms with Crippen molar-refractivity contribution in [2.24, 2.45) is 0 Å². The predicted molar refractivity (Wildman–Crippen MR) is 131 cm³/mol. The van der Waals surface area contributed by atoms with Gasteiger partial charge in [0.15, 0.2) is 0 Å². The number of nitrogens with one attached hydrogen (secondary N) is 2. The highest BCUT2D eigenvalue weighted by Crippen LogP contribution is 2.24. The molecule has 0 bridgehead atoms. The lowest BCUT2D eigenvalue weighted by atomic mass is 10.1. The number of aromatic nitrogens is 1. The molecule has 2 N–H and O–H groups in total. The molecule has 4 aromatic rings. The number of ether oxygens (including phenoxy) is 1. The normalized spacial score (nSPS) is 10.6. The first-order chi connectivity index (χ1) is 16.4. The molecule has 4 rings (SSSR count). The Morgan fingerprint density at radius 3 is 2.15 bits per heavy atom. The van der Waals surface area contributed by atoms with Crippen LogP contribution in [0.15, 0.2) is 77.3 Å². The molecule has 34 heavy (non-hydrogen) atoms. The Balaban J connectivity index is 1.45. The van der Waals surface area contributed by atoms with E-state index in [9.17, 15) is 9.59 Å². The Hall–Kier alpha value is -4.10. The number of carbonyl (C=O) groups excluding carboxylic acids is 2. The molecule has 0 aliphatic heterocycles. The monoisotopic (exact) mass is 475 g/mol. The van der Waals surface area contributed by atoms with Crippen LogP contribution in [0.1, 0.15) is 37.7 Å². The summed E-state index contributed by atoms with van der Waals surface area (Å²) in [6, 6.07) is 20.4. The van der Waals surface area contributed by atoms with E-state index in [4.69, 9.17) is 20.9 Å². The van der Waals surface area contributed by atoms with E-state index in [0.717, 1.165) is 11.3 Å². The first kappa shape index (κ1) is 23.1. The molecule has 1 heterocycles. The Kier molecular flexibility index (Phi) is 6.94. The third-order valence-electron chi connectivity index (χ3n) is 5.19. The Morgan fingerprint density at radius 1 is 0.882 bits per heavy atom. The number of rotatable bonds is 7. The van der Waals surface area contributed by atoms with Crippen molar-refractivity contribution in [2.75, 3.05) is 10.6 Å². The van der Waals surface area contributed by atoms with E-state index in [-0.39, 0.29) is 18.4 Å². The maximum atomic E-state index is 12.9. The molecule has 0 fully saturated rings. The van der Waals surface area contributed by atoms with Crippen LogP contribution in [0, 0.1) is 13.8 Å². The van der Waals surface area contributed by atoms with Crippen molar-refractivity contribution >= 4 is 34.8 Å². The molecule has 0 saturated heterocycles. The standard InChI is InChI=1S/C26H22ClN3O4/c1-16-22(17(2)34-30-16)15-33-21-7-5-6-19(14-21)26(32)29-24-9-4-3-8-23(24)28-25(31)18-10-12-20(27)13-11-18/h3-14H,15H2,1-2H3,(H,28,31)(H,29,32). The van der Waals surface area contributed by atoms with E-state index in [1.165, 1.54) is 0 Å². The fraction of sp³-hybridized carbons (Fsp3) is 0.115. The van der Waals surface area contributed by atoms with Gasteiger partial charge in [-0.15, -0.1) is 0 Å². The molecule has 0 aliphatic carbocycles. The van der Waals surface area contributed by atoms with E-state index < -0.39 is 0 Å². The maximum Gasteiger partial charge on any atom is 0.255 e. The highest BCUT2D eigenvalue weighted by atomic mass is 35.5. The van der Waals surface area contributed by atoms with Gasteiger partial charge in [0, 0.05) is 16.1 Å². The summed E-state index contributed by atoms with van der Waals surface area (Å²) in [6.45, 7) is 3.96. The molecule has 0 saturated carbocycles. The second-order valence-corrected chi connectivity index (χ2v) is 8.02. The van der Waals surface area contributed by atoms with Crippen molar-refractivity contribution in [1.82, 2.24) is 5.16 Å². The van der Waals surface area contributed by atoms with Gasteiger partial charge in [-0.1, -0.05) is 35.0 Å². The zero-order valence-corrected chi connectivity index (χ0v) is 19.3. The summed E-state index contributed by atoms with van der Waals surface area (Å²) >= 11 is 5.89. The largest absolute Gasteiger partial charge is 0.489 e. The molecule has 172 valence electrons. The summed E-state index contributed by atoms with van der Waals surface area (Å²) in [4.78, 5) is 25.5. The van der Waals surface area contributed by atoms with Crippen molar-refractivity contribution in [3.63, 3.8) is 0 Å². The molecule has 1 aromatic heterocycles. The Bertz CT molecular complexity index is 1310. The number of anilines is 2. The van der Waals surface area contributed by atoms with E-state index >= 15 is 0 Å². The van der Waals surface area contributed by atoms with Gasteiger partial charge in [-0.3, -0.25) is 9.59 Å². The van der Waals surface area contributed by atoms with Gasteiger partial charge in [-0.25, -0.2) is 0 Å². The molecular weight excluding hydrogens is 454 g/mol. The third kappa shape index (κ3) is 5.44. The summed E-state index contributed by atoms with van der Waals surface area (Å²) in [5.41, 5.74) is 3.45. The number of hydrogen-bond acceptors (Lipinski definition) is 5. The van der Waals surface area contributed by atoms with Crippen LogP contribution in [0.5, 0.6) is 5.75 Å². The van der Waals surface area contributed by atoms with E-state index in [1.54, 1.807) is 72.8 Å². The highest BCUT2D eigenvalue weighted by molar-refractivity contribution is 6.30. The number of nitrogens with zero attached hydrogens (tertiary/aromatic N) is 1. The molecule has 2 amide bonds. The number of halogens is 1. The molecular formula is C26H22ClN3O4. The van der Waals surface area contributed by atoms with Crippen LogP contribution in [0.4, 0.5) is 11.4 Å². The van der Waals surface area contributed by atoms with Crippen molar-refractivity contribution in [3.8, 4) is 5.75 Å². The molecule has 8 heteroatoms. The summed E-state index contributed by atoms with van der Waals surface area (Å²) < 4.78 is 11.0. The molecule has 3 aromatic carbocycles. The Morgan fingerprint density at radius 2 is 1.53 bits per heavy atom. The van der Waals surface area contributed by atoms with Crippen molar-refractivity contribution in [2.45, 2.75) is 20.5 Å². The molecule has 0 aliphatic rings. The summed E-state index contributed by atoms with van der Waals surface area (Å²) in [7, 11) is 0. The SMILES string of the molecule is Cc1noc(C)c1COc1cccc(C(=O)Nc2ccccc2NC(=O)c2ccc(Cl)cc2)c1. The zero-order valence-electron chi connectivity index (χ0n) is 18.6. The van der Waals surface area contributed by atoms with Gasteiger partial charge in [0.25, 0.3) is 11.8 Å². The second kappa shape index (κ2) is 10.2. The van der Waals surface area contributed by atoms with Crippen LogP contribution >= 0.6 is 11.6 Å². The minimum atomic E-state index is -0.337. The van der Waals surface area contributed by atoms with Gasteiger partial charge in [0.05, 0.1) is 22.6 Å². The fourth-order valence-electron chi connectivity index (χ4n) is 3.28. The Labute approximate surface area is 201 Å². The number of benzene rings is 3. The third-order valence-corrected chi connectivity index (χ3v) is 5.44. The van der Waals surface area contributed by atoms with Gasteiger partial charge in [0.2, 0.25) is 0 Å². The van der Waals surface area contributed by atoms with E-state index in [0.29, 0.717) is 39.0 Å². The van der Waals surface area contributed by atoms with E-state index in [1.807, 2.05) is 13.8 Å². The maximum absolute atomic E-state index is 12.9. The van der Waals surface area contributed by atoms with Crippen molar-refractivity contribution in [1.29, 1.82) is 0 Å². The van der Waals surface area contributed by atoms with Gasteiger partial charge in [-0.2, -0.15) is 0 Å². The zero-order chi connectivity index (χ0) is 24.1. The minimum absolute atomic E-state index is 0.284. The van der Waals surface area contributed by atoms with Crippen LogP contribution in [-0.4, -0.2) is 17.0 Å². The molecule has 0 spiro atoms. The number of hydrogen-bond donors (Lipinski definition) is 2. The topological polar surface area (TPSA) is 93.5 Å². The predicted octanol–water partition coefficient (Wildman–Crippen LogP) is 6.03. The molecule has 0 unspecified atom stereocenters. The van der Waals surface area contributed by atoms with Crippen LogP contribution in [-0.2, 0) is 6.61 Å². The fourth-order valence-corrected chi connectivity index (χ4v) is 3.41. The van der Waals surface area contributed by atoms with Gasteiger partial charge in [0.1, 0.15) is 18.1 Å². The average molecular weight is 476 g/mol. The van der Waals surface area contributed by atoms with E-state index in [2.05, 4.69) is 15.8 Å². The van der Waals surface area contributed by atoms with Gasteiger partial charge in [-0.05, 0) is 68.4 Å². The van der Waals surface area contributed by atoms with Gasteiger partial charge >= 0.3 is 0 Å². The summed E-state index contributed by atoms with van der Waals surface area (Å²) in [5.74, 6) is 0.588. The number of aryl methyl sites for hydroxylation is 2. The van der Waals surface area contributed by atoms with Crippen LogP contribution < -0.4 is 15.4 Å². The van der Waals surface area contributed by atoms with Gasteiger partial charge < -0.3 is 19.9 Å². The van der Waals surface area contributed by atoms with Crippen LogP contribution in [0.3, 0.4) is 0 Å². The lowest BCUT2D eigenvalue weighted by Crippen LogP contribution is -2.16. The molecule has 0 radical (unpaired) electrons. The number of para-hydroxylation sites is 2.